The van der Waals surface area contributed by atoms with Gasteiger partial charge in [-0.25, -0.2) is 10.2 Å². The minimum absolute atomic E-state index is 0.0173. The van der Waals surface area contributed by atoms with Gasteiger partial charge >= 0.3 is 17.9 Å². The quantitative estimate of drug-likeness (QED) is 0.576. The highest BCUT2D eigenvalue weighted by molar-refractivity contribution is 6.35. The molecule has 0 aliphatic carbocycles. The summed E-state index contributed by atoms with van der Waals surface area (Å²) in [5.41, 5.74) is 2.92. The molecule has 11 heteroatoms. The first-order chi connectivity index (χ1) is 15.2. The summed E-state index contributed by atoms with van der Waals surface area (Å²) in [4.78, 5) is 37.5. The Morgan fingerprint density at radius 2 is 2.22 bits per heavy atom. The molecule has 3 rings (SSSR count). The molecule has 2 aliphatic heterocycles. The second-order valence-corrected chi connectivity index (χ2v) is 8.42. The number of hydrogen-bond donors (Lipinski definition) is 3. The molecule has 2 aliphatic rings. The molecule has 0 bridgehead atoms. The average molecular weight is 461 g/mol. The minimum atomic E-state index is -0.968. The number of halogens is 1. The largest absolute Gasteiger partial charge is 0.435 e. The molecular weight excluding hydrogens is 436 g/mol. The van der Waals surface area contributed by atoms with Crippen LogP contribution in [0.5, 0.6) is 0 Å². The van der Waals surface area contributed by atoms with E-state index in [1.54, 1.807) is 18.2 Å². The Labute approximate surface area is 190 Å². The third kappa shape index (κ3) is 4.84. The van der Waals surface area contributed by atoms with Gasteiger partial charge in [-0.2, -0.15) is 10.4 Å². The van der Waals surface area contributed by atoms with E-state index in [-0.39, 0.29) is 12.1 Å². The van der Waals surface area contributed by atoms with Gasteiger partial charge in [0, 0.05) is 50.6 Å². The summed E-state index contributed by atoms with van der Waals surface area (Å²) in [6.07, 6.45) is 0.298. The average Bonchev–Trinajstić information content (AvgIpc) is 2.75. The van der Waals surface area contributed by atoms with Gasteiger partial charge in [0.1, 0.15) is 5.71 Å². The summed E-state index contributed by atoms with van der Waals surface area (Å²) in [6.45, 7) is 4.92. The summed E-state index contributed by atoms with van der Waals surface area (Å²) in [7, 11) is 1.40. The molecule has 170 valence electrons. The lowest BCUT2D eigenvalue weighted by atomic mass is 9.79. The van der Waals surface area contributed by atoms with Crippen LogP contribution in [-0.4, -0.2) is 66.3 Å². The van der Waals surface area contributed by atoms with Crippen LogP contribution < -0.4 is 16.1 Å². The molecule has 3 N–H and O–H groups in total. The van der Waals surface area contributed by atoms with E-state index in [4.69, 9.17) is 21.6 Å². The summed E-state index contributed by atoms with van der Waals surface area (Å²) in [5.74, 6) is -1.37. The Morgan fingerprint density at radius 3 is 2.84 bits per heavy atom. The van der Waals surface area contributed by atoms with Crippen molar-refractivity contribution in [2.24, 2.45) is 5.10 Å². The zero-order valence-electron chi connectivity index (χ0n) is 18.1. The Bertz CT molecular complexity index is 1010. The monoisotopic (exact) mass is 460 g/mol. The molecule has 1 aromatic carbocycles. The van der Waals surface area contributed by atoms with E-state index in [0.29, 0.717) is 47.8 Å². The number of carbonyl (C=O) groups excluding carboxylic acids is 3. The summed E-state index contributed by atoms with van der Waals surface area (Å²) >= 11 is 6.42. The predicted octanol–water partition coefficient (Wildman–Crippen LogP) is 1.13. The molecule has 0 saturated carbocycles. The Morgan fingerprint density at radius 1 is 1.47 bits per heavy atom. The van der Waals surface area contributed by atoms with Crippen molar-refractivity contribution in [2.75, 3.05) is 20.1 Å². The topological polar surface area (TPSA) is 136 Å². The summed E-state index contributed by atoms with van der Waals surface area (Å²) in [6, 6.07) is 6.67. The molecule has 1 saturated heterocycles. The first-order valence-corrected chi connectivity index (χ1v) is 10.6. The van der Waals surface area contributed by atoms with E-state index < -0.39 is 23.5 Å². The molecule has 0 aromatic heterocycles. The number of hydrazone groups is 1. The van der Waals surface area contributed by atoms with Crippen LogP contribution >= 0.6 is 11.6 Å². The van der Waals surface area contributed by atoms with Crippen molar-refractivity contribution >= 4 is 35.2 Å². The highest BCUT2D eigenvalue weighted by atomic mass is 35.5. The third-order valence-corrected chi connectivity index (χ3v) is 6.02. The van der Waals surface area contributed by atoms with Crippen LogP contribution in [0.2, 0.25) is 5.02 Å². The molecule has 0 radical (unpaired) electrons. The number of likely N-dealkylation sites (tertiary alicyclic amines) is 1. The summed E-state index contributed by atoms with van der Waals surface area (Å²) in [5, 5.41) is 18.7. The standard InChI is InChI=1S/C21H25ClN6O4/c1-12(25-19(30)18(29)24-3)11-28-7-6-21(9-13(28)2)17(26-27-20(31)32-21)15-5-4-14(10-23)8-16(15)22/h4-5,8,12-13H,6-7,9,11H2,1-3H3,(H,24,29)(H,25,30)(H,27,31)/t12-,13-,21+/m0/s1. The molecule has 2 heterocycles. The number of benzene rings is 1. The van der Waals surface area contributed by atoms with E-state index in [9.17, 15) is 14.4 Å². The highest BCUT2D eigenvalue weighted by Crippen LogP contribution is 2.37. The highest BCUT2D eigenvalue weighted by Gasteiger charge is 2.48. The van der Waals surface area contributed by atoms with Crippen LogP contribution in [0.25, 0.3) is 0 Å². The fourth-order valence-electron chi connectivity index (χ4n) is 4.17. The molecule has 1 spiro atoms. The van der Waals surface area contributed by atoms with Gasteiger partial charge < -0.3 is 15.4 Å². The van der Waals surface area contributed by atoms with Crippen molar-refractivity contribution in [3.63, 3.8) is 0 Å². The van der Waals surface area contributed by atoms with Crippen LogP contribution in [0, 0.1) is 11.3 Å². The number of nitriles is 1. The van der Waals surface area contributed by atoms with Crippen molar-refractivity contribution < 1.29 is 19.1 Å². The van der Waals surface area contributed by atoms with Gasteiger partial charge in [-0.05, 0) is 26.0 Å². The number of nitrogens with zero attached hydrogens (tertiary/aromatic N) is 3. The number of piperidine rings is 1. The van der Waals surface area contributed by atoms with Crippen molar-refractivity contribution in [1.82, 2.24) is 21.0 Å². The van der Waals surface area contributed by atoms with Crippen LogP contribution in [0.1, 0.15) is 37.8 Å². The first-order valence-electron chi connectivity index (χ1n) is 10.2. The van der Waals surface area contributed by atoms with E-state index in [1.165, 1.54) is 7.05 Å². The second kappa shape index (κ2) is 9.54. The Hall–Kier alpha value is -3.16. The lowest BCUT2D eigenvalue weighted by Gasteiger charge is -2.47. The maximum atomic E-state index is 12.1. The Balaban J connectivity index is 1.77. The zero-order valence-corrected chi connectivity index (χ0v) is 18.8. The minimum Gasteiger partial charge on any atom is -0.435 e. The molecule has 1 aromatic rings. The zero-order chi connectivity index (χ0) is 23.5. The molecule has 3 atom stereocenters. The number of rotatable bonds is 4. The smallest absolute Gasteiger partial charge is 0.428 e. The number of hydrogen-bond acceptors (Lipinski definition) is 7. The third-order valence-electron chi connectivity index (χ3n) is 5.70. The Kier molecular flexibility index (Phi) is 7.01. The lowest BCUT2D eigenvalue weighted by Crippen LogP contribution is -2.60. The van der Waals surface area contributed by atoms with Gasteiger partial charge in [-0.3, -0.25) is 14.5 Å². The SMILES string of the molecule is CNC(=O)C(=O)N[C@@H](C)CN1CC[C@]2(C[C@@H]1C)OC(=O)NN=C2c1ccc(C#N)cc1Cl. The van der Waals surface area contributed by atoms with E-state index >= 15 is 0 Å². The van der Waals surface area contributed by atoms with Crippen molar-refractivity contribution in [3.8, 4) is 6.07 Å². The second-order valence-electron chi connectivity index (χ2n) is 8.01. The van der Waals surface area contributed by atoms with E-state index in [0.717, 1.165) is 0 Å². The van der Waals surface area contributed by atoms with Gasteiger partial charge in [0.05, 0.1) is 16.7 Å². The molecule has 3 amide bonds. The first kappa shape index (κ1) is 23.5. The van der Waals surface area contributed by atoms with Gasteiger partial charge in [0.2, 0.25) is 0 Å². The van der Waals surface area contributed by atoms with Crippen molar-refractivity contribution in [2.45, 2.75) is 44.4 Å². The number of nitrogens with one attached hydrogen (secondary N) is 3. The molecule has 10 nitrogen and oxygen atoms in total. The van der Waals surface area contributed by atoms with Gasteiger partial charge in [0.25, 0.3) is 0 Å². The number of amides is 3. The van der Waals surface area contributed by atoms with Crippen LogP contribution in [0.4, 0.5) is 4.79 Å². The molecule has 32 heavy (non-hydrogen) atoms. The number of carbonyl (C=O) groups is 3. The van der Waals surface area contributed by atoms with Gasteiger partial charge in [-0.1, -0.05) is 17.7 Å². The summed E-state index contributed by atoms with van der Waals surface area (Å²) < 4.78 is 5.77. The van der Waals surface area contributed by atoms with Crippen LogP contribution in [0.3, 0.4) is 0 Å². The predicted molar refractivity (Wildman–Crippen MR) is 117 cm³/mol. The fraction of sp³-hybridized carbons (Fsp3) is 0.476. The molecular formula is C21H25ClN6O4. The van der Waals surface area contributed by atoms with Gasteiger partial charge in [-0.15, -0.1) is 0 Å². The maximum absolute atomic E-state index is 12.1. The van der Waals surface area contributed by atoms with Crippen LogP contribution in [0.15, 0.2) is 23.3 Å². The van der Waals surface area contributed by atoms with Crippen LogP contribution in [-0.2, 0) is 14.3 Å². The maximum Gasteiger partial charge on any atom is 0.428 e. The number of ether oxygens (including phenoxy) is 1. The molecule has 0 unspecified atom stereocenters. The van der Waals surface area contributed by atoms with E-state index in [1.807, 2.05) is 19.9 Å². The van der Waals surface area contributed by atoms with Crippen molar-refractivity contribution in [1.29, 1.82) is 5.26 Å². The van der Waals surface area contributed by atoms with Crippen molar-refractivity contribution in [3.05, 3.63) is 34.3 Å². The lowest BCUT2D eigenvalue weighted by molar-refractivity contribution is -0.139. The fourth-order valence-corrected chi connectivity index (χ4v) is 4.44. The number of likely N-dealkylation sites (N-methyl/N-ethyl adjacent to an activating group) is 1. The van der Waals surface area contributed by atoms with Gasteiger partial charge in [0.15, 0.2) is 5.60 Å². The normalized spacial score (nSPS) is 23.9. The van der Waals surface area contributed by atoms with E-state index in [2.05, 4.69) is 26.1 Å². The molecule has 1 fully saturated rings.